The van der Waals surface area contributed by atoms with Gasteiger partial charge in [-0.2, -0.15) is 0 Å². The minimum atomic E-state index is -0.263. The van der Waals surface area contributed by atoms with Crippen LogP contribution in [-0.2, 0) is 11.3 Å². The second kappa shape index (κ2) is 7.04. The van der Waals surface area contributed by atoms with Crippen LogP contribution < -0.4 is 5.73 Å². The summed E-state index contributed by atoms with van der Waals surface area (Å²) in [6.07, 6.45) is 2.18. The second-order valence-corrected chi connectivity index (χ2v) is 5.78. The molecule has 1 unspecified atom stereocenters. The molecule has 0 bridgehead atoms. The Hall–Kier alpha value is -1.41. The molecular formula is C17H23FN2O. The van der Waals surface area contributed by atoms with Gasteiger partial charge in [-0.25, -0.2) is 4.39 Å². The van der Waals surface area contributed by atoms with Gasteiger partial charge in [0.2, 0.25) is 0 Å². The largest absolute Gasteiger partial charge is 0.377 e. The first-order valence-corrected chi connectivity index (χ1v) is 7.31. The van der Waals surface area contributed by atoms with E-state index in [0.29, 0.717) is 0 Å². The van der Waals surface area contributed by atoms with Crippen LogP contribution in [0, 0.1) is 17.7 Å². The normalized spacial score (nSPS) is 22.7. The summed E-state index contributed by atoms with van der Waals surface area (Å²) in [5.74, 6) is 5.51. The van der Waals surface area contributed by atoms with Crippen LogP contribution in [-0.4, -0.2) is 37.2 Å². The summed E-state index contributed by atoms with van der Waals surface area (Å²) in [6.45, 7) is 5.08. The highest BCUT2D eigenvalue weighted by molar-refractivity contribution is 5.42. The zero-order valence-electron chi connectivity index (χ0n) is 12.8. The summed E-state index contributed by atoms with van der Waals surface area (Å²) in [4.78, 5) is 2.34. The SMILES string of the molecule is COC1(C)CCCN(Cc2ccc(F)cc2C#CCN)C1. The number of piperidine rings is 1. The third-order valence-electron chi connectivity index (χ3n) is 4.02. The van der Waals surface area contributed by atoms with Crippen LogP contribution in [0.1, 0.15) is 30.9 Å². The van der Waals surface area contributed by atoms with Crippen molar-refractivity contribution in [3.8, 4) is 11.8 Å². The summed E-state index contributed by atoms with van der Waals surface area (Å²) >= 11 is 0. The van der Waals surface area contributed by atoms with E-state index in [-0.39, 0.29) is 18.0 Å². The average molecular weight is 290 g/mol. The van der Waals surface area contributed by atoms with Gasteiger partial charge in [0.15, 0.2) is 0 Å². The van der Waals surface area contributed by atoms with Gasteiger partial charge in [-0.05, 0) is 44.0 Å². The summed E-state index contributed by atoms with van der Waals surface area (Å²) in [5, 5.41) is 0. The van der Waals surface area contributed by atoms with E-state index in [1.807, 2.05) is 6.07 Å². The van der Waals surface area contributed by atoms with Crippen molar-refractivity contribution in [3.63, 3.8) is 0 Å². The lowest BCUT2D eigenvalue weighted by Crippen LogP contribution is -2.46. The highest BCUT2D eigenvalue weighted by Gasteiger charge is 2.30. The fourth-order valence-electron chi connectivity index (χ4n) is 2.80. The van der Waals surface area contributed by atoms with Gasteiger partial charge in [0.1, 0.15) is 5.82 Å². The smallest absolute Gasteiger partial charge is 0.124 e. The summed E-state index contributed by atoms with van der Waals surface area (Å²) in [6, 6.07) is 4.79. The van der Waals surface area contributed by atoms with E-state index in [0.717, 1.165) is 43.6 Å². The summed E-state index contributed by atoms with van der Waals surface area (Å²) in [5.41, 5.74) is 7.08. The quantitative estimate of drug-likeness (QED) is 0.867. The molecule has 2 rings (SSSR count). The second-order valence-electron chi connectivity index (χ2n) is 5.78. The van der Waals surface area contributed by atoms with Crippen molar-refractivity contribution in [1.82, 2.24) is 4.90 Å². The molecule has 0 amide bonds. The third-order valence-corrected chi connectivity index (χ3v) is 4.02. The number of nitrogens with two attached hydrogens (primary N) is 1. The Kier molecular flexibility index (Phi) is 5.35. The zero-order chi connectivity index (χ0) is 15.3. The zero-order valence-corrected chi connectivity index (χ0v) is 12.8. The maximum absolute atomic E-state index is 13.4. The van der Waals surface area contributed by atoms with E-state index in [1.54, 1.807) is 7.11 Å². The molecule has 3 nitrogen and oxygen atoms in total. The molecule has 1 aromatic rings. The Morgan fingerprint density at radius 1 is 1.48 bits per heavy atom. The lowest BCUT2D eigenvalue weighted by atomic mass is 9.94. The Morgan fingerprint density at radius 3 is 3.00 bits per heavy atom. The lowest BCUT2D eigenvalue weighted by Gasteiger charge is -2.39. The minimum absolute atomic E-state index is 0.0959. The molecule has 114 valence electrons. The Labute approximate surface area is 126 Å². The number of nitrogens with zero attached hydrogens (tertiary/aromatic N) is 1. The van der Waals surface area contributed by atoms with Crippen LogP contribution in [0.5, 0.6) is 0 Å². The Balaban J connectivity index is 2.15. The van der Waals surface area contributed by atoms with Crippen LogP contribution in [0.3, 0.4) is 0 Å². The van der Waals surface area contributed by atoms with Crippen LogP contribution in [0.2, 0.25) is 0 Å². The molecule has 0 aliphatic carbocycles. The molecule has 1 aliphatic heterocycles. The van der Waals surface area contributed by atoms with Gasteiger partial charge in [0, 0.05) is 25.8 Å². The molecular weight excluding hydrogens is 267 g/mol. The van der Waals surface area contributed by atoms with Crippen molar-refractivity contribution in [2.75, 3.05) is 26.7 Å². The molecule has 1 heterocycles. The first kappa shape index (κ1) is 16.0. The molecule has 21 heavy (non-hydrogen) atoms. The van der Waals surface area contributed by atoms with Crippen LogP contribution in [0.25, 0.3) is 0 Å². The van der Waals surface area contributed by atoms with Gasteiger partial charge in [-0.15, -0.1) is 0 Å². The van der Waals surface area contributed by atoms with Crippen LogP contribution in [0.4, 0.5) is 4.39 Å². The van der Waals surface area contributed by atoms with Crippen molar-refractivity contribution in [3.05, 3.63) is 35.1 Å². The van der Waals surface area contributed by atoms with E-state index < -0.39 is 0 Å². The fourth-order valence-corrected chi connectivity index (χ4v) is 2.80. The number of rotatable bonds is 3. The highest BCUT2D eigenvalue weighted by Crippen LogP contribution is 2.25. The first-order chi connectivity index (χ1) is 10.1. The molecule has 1 aliphatic rings. The number of benzene rings is 1. The van der Waals surface area contributed by atoms with Gasteiger partial charge < -0.3 is 10.5 Å². The highest BCUT2D eigenvalue weighted by atomic mass is 19.1. The van der Waals surface area contributed by atoms with Crippen molar-refractivity contribution in [2.24, 2.45) is 5.73 Å². The number of hydrogen-bond donors (Lipinski definition) is 1. The molecule has 0 radical (unpaired) electrons. The molecule has 2 N–H and O–H groups in total. The van der Waals surface area contributed by atoms with Crippen LogP contribution >= 0.6 is 0 Å². The van der Waals surface area contributed by atoms with Crippen molar-refractivity contribution in [1.29, 1.82) is 0 Å². The predicted molar refractivity (Wildman–Crippen MR) is 82.3 cm³/mol. The number of hydrogen-bond acceptors (Lipinski definition) is 3. The Morgan fingerprint density at radius 2 is 2.29 bits per heavy atom. The third kappa shape index (κ3) is 4.28. The molecule has 4 heteroatoms. The lowest BCUT2D eigenvalue weighted by molar-refractivity contribution is -0.0527. The predicted octanol–water partition coefficient (Wildman–Crippen LogP) is 2.14. The minimum Gasteiger partial charge on any atom is -0.377 e. The molecule has 0 spiro atoms. The molecule has 1 fully saturated rings. The van der Waals surface area contributed by atoms with E-state index >= 15 is 0 Å². The monoisotopic (exact) mass is 290 g/mol. The van der Waals surface area contributed by atoms with Gasteiger partial charge >= 0.3 is 0 Å². The van der Waals surface area contributed by atoms with Crippen molar-refractivity contribution < 1.29 is 9.13 Å². The maximum atomic E-state index is 13.4. The number of ether oxygens (including phenoxy) is 1. The van der Waals surface area contributed by atoms with Crippen molar-refractivity contribution in [2.45, 2.75) is 31.9 Å². The van der Waals surface area contributed by atoms with Crippen molar-refractivity contribution >= 4 is 0 Å². The van der Waals surface area contributed by atoms with Gasteiger partial charge in [-0.3, -0.25) is 4.90 Å². The molecule has 1 aromatic carbocycles. The molecule has 1 atom stereocenters. The summed E-state index contributed by atoms with van der Waals surface area (Å²) < 4.78 is 19.0. The standard InChI is InChI=1S/C17H23FN2O/c1-17(21-2)8-4-10-20(13-17)12-15-6-7-16(18)11-14(15)5-3-9-19/h6-7,11H,4,8-10,12-13,19H2,1-2H3. The number of likely N-dealkylation sites (tertiary alicyclic amines) is 1. The molecule has 0 aromatic heterocycles. The molecule has 1 saturated heterocycles. The summed E-state index contributed by atoms with van der Waals surface area (Å²) in [7, 11) is 1.76. The van der Waals surface area contributed by atoms with E-state index in [4.69, 9.17) is 10.5 Å². The van der Waals surface area contributed by atoms with E-state index in [9.17, 15) is 4.39 Å². The fraction of sp³-hybridized carbons (Fsp3) is 0.529. The molecule has 0 saturated carbocycles. The van der Waals surface area contributed by atoms with Gasteiger partial charge in [0.05, 0.1) is 12.1 Å². The van der Waals surface area contributed by atoms with Gasteiger partial charge in [0.25, 0.3) is 0 Å². The topological polar surface area (TPSA) is 38.5 Å². The number of methoxy groups -OCH3 is 1. The van der Waals surface area contributed by atoms with Crippen LogP contribution in [0.15, 0.2) is 18.2 Å². The average Bonchev–Trinajstić information content (AvgIpc) is 2.47. The first-order valence-electron chi connectivity index (χ1n) is 7.31. The number of halogens is 1. The van der Waals surface area contributed by atoms with E-state index in [1.165, 1.54) is 12.1 Å². The van der Waals surface area contributed by atoms with E-state index in [2.05, 4.69) is 23.7 Å². The van der Waals surface area contributed by atoms with Gasteiger partial charge in [-0.1, -0.05) is 17.9 Å². The maximum Gasteiger partial charge on any atom is 0.124 e. The Bertz CT molecular complexity index is 549.